The Morgan fingerprint density at radius 2 is 1.64 bits per heavy atom. The number of hydrogen-bond acceptors (Lipinski definition) is 3. The normalized spacial score (nSPS) is 10.5. The van der Waals surface area contributed by atoms with E-state index in [4.69, 9.17) is 9.47 Å². The lowest BCUT2D eigenvalue weighted by Crippen LogP contribution is -2.02. The predicted molar refractivity (Wildman–Crippen MR) is 119 cm³/mol. The molecular weight excluding hydrogens is 467 g/mol. The van der Waals surface area contributed by atoms with E-state index in [0.29, 0.717) is 18.1 Å². The minimum atomic E-state index is -1.02. The fourth-order valence-electron chi connectivity index (χ4n) is 3.06. The van der Waals surface area contributed by atoms with Crippen molar-refractivity contribution >= 4 is 28.6 Å². The van der Waals surface area contributed by atoms with E-state index in [1.54, 1.807) is 30.3 Å². The van der Waals surface area contributed by atoms with E-state index in [1.807, 2.05) is 32.0 Å². The number of alkyl halides is 1. The van der Waals surface area contributed by atoms with Crippen LogP contribution in [0.2, 0.25) is 0 Å². The van der Waals surface area contributed by atoms with Crippen LogP contribution in [-0.4, -0.2) is 22.1 Å². The molecule has 28 heavy (non-hydrogen) atoms. The smallest absolute Gasteiger partial charge is 0.339 e. The first-order chi connectivity index (χ1) is 13.5. The molecular formula is C23H21IO4. The fourth-order valence-corrected chi connectivity index (χ4v) is 3.28. The Bertz CT molecular complexity index is 960. The van der Waals surface area contributed by atoms with Crippen LogP contribution in [0, 0.1) is 13.8 Å². The van der Waals surface area contributed by atoms with Crippen molar-refractivity contribution in [2.24, 2.45) is 0 Å². The van der Waals surface area contributed by atoms with Gasteiger partial charge < -0.3 is 14.6 Å². The Morgan fingerprint density at radius 1 is 0.964 bits per heavy atom. The Labute approximate surface area is 178 Å². The van der Waals surface area contributed by atoms with Gasteiger partial charge in [-0.3, -0.25) is 0 Å². The molecule has 3 aromatic carbocycles. The van der Waals surface area contributed by atoms with Gasteiger partial charge in [0.2, 0.25) is 0 Å². The zero-order valence-corrected chi connectivity index (χ0v) is 17.9. The van der Waals surface area contributed by atoms with Gasteiger partial charge in [-0.25, -0.2) is 4.79 Å². The average molecular weight is 488 g/mol. The number of para-hydroxylation sites is 1. The van der Waals surface area contributed by atoms with Crippen LogP contribution in [0.1, 0.15) is 21.5 Å². The Morgan fingerprint density at radius 3 is 2.25 bits per heavy atom. The number of rotatable bonds is 7. The Kier molecular flexibility index (Phi) is 6.57. The van der Waals surface area contributed by atoms with Crippen LogP contribution < -0.4 is 9.47 Å². The molecule has 3 aromatic rings. The summed E-state index contributed by atoms with van der Waals surface area (Å²) in [5.74, 6) is 0.796. The van der Waals surface area contributed by atoms with Gasteiger partial charge in [0.15, 0.2) is 0 Å². The molecule has 144 valence electrons. The SMILES string of the molecule is Cc1cc(-c2ccc(C(=O)O)c(Oc3ccccc3)c2)cc(C)c1OCCI. The Balaban J connectivity index is 2.01. The van der Waals surface area contributed by atoms with Gasteiger partial charge in [-0.2, -0.15) is 0 Å². The molecule has 0 saturated carbocycles. The Hall–Kier alpha value is -2.54. The van der Waals surface area contributed by atoms with E-state index in [0.717, 1.165) is 32.4 Å². The molecule has 0 fully saturated rings. The molecule has 0 amide bonds. The average Bonchev–Trinajstić information content (AvgIpc) is 2.68. The molecule has 0 spiro atoms. The first-order valence-electron chi connectivity index (χ1n) is 8.90. The molecule has 0 atom stereocenters. The van der Waals surface area contributed by atoms with Crippen LogP contribution in [0.15, 0.2) is 60.7 Å². The van der Waals surface area contributed by atoms with E-state index in [-0.39, 0.29) is 5.56 Å². The topological polar surface area (TPSA) is 55.8 Å². The highest BCUT2D eigenvalue weighted by molar-refractivity contribution is 14.1. The largest absolute Gasteiger partial charge is 0.492 e. The summed E-state index contributed by atoms with van der Waals surface area (Å²) in [6, 6.07) is 18.4. The first-order valence-corrected chi connectivity index (χ1v) is 10.4. The maximum Gasteiger partial charge on any atom is 0.339 e. The van der Waals surface area contributed by atoms with Crippen molar-refractivity contribution in [1.29, 1.82) is 0 Å². The van der Waals surface area contributed by atoms with E-state index >= 15 is 0 Å². The highest BCUT2D eigenvalue weighted by Gasteiger charge is 2.15. The van der Waals surface area contributed by atoms with Crippen LogP contribution in [0.3, 0.4) is 0 Å². The van der Waals surface area contributed by atoms with Gasteiger partial charge >= 0.3 is 5.97 Å². The predicted octanol–water partition coefficient (Wildman–Crippen LogP) is 6.27. The van der Waals surface area contributed by atoms with Crippen molar-refractivity contribution in [1.82, 2.24) is 0 Å². The molecule has 0 heterocycles. The van der Waals surface area contributed by atoms with Crippen LogP contribution in [0.25, 0.3) is 11.1 Å². The van der Waals surface area contributed by atoms with Crippen LogP contribution in [0.5, 0.6) is 17.2 Å². The minimum Gasteiger partial charge on any atom is -0.492 e. The second-order valence-corrected chi connectivity index (χ2v) is 7.49. The van der Waals surface area contributed by atoms with Crippen molar-refractivity contribution in [2.45, 2.75) is 13.8 Å². The van der Waals surface area contributed by atoms with Crippen molar-refractivity contribution in [3.8, 4) is 28.4 Å². The molecule has 0 aromatic heterocycles. The number of carbonyl (C=O) groups is 1. The first kappa shape index (κ1) is 20.2. The second kappa shape index (κ2) is 9.10. The number of carboxylic acid groups (broad SMARTS) is 1. The number of aryl methyl sites for hydroxylation is 2. The summed E-state index contributed by atoms with van der Waals surface area (Å²) < 4.78 is 12.6. The number of halogens is 1. The standard InChI is InChI=1S/C23H21IO4/c1-15-12-18(13-16(2)22(15)27-11-10-24)17-8-9-20(23(25)26)21(14-17)28-19-6-4-3-5-7-19/h3-9,12-14H,10-11H2,1-2H3,(H,25,26). The van der Waals surface area contributed by atoms with Crippen molar-refractivity contribution in [3.05, 3.63) is 77.4 Å². The van der Waals surface area contributed by atoms with Gasteiger partial charge in [-0.15, -0.1) is 0 Å². The van der Waals surface area contributed by atoms with E-state index in [2.05, 4.69) is 34.7 Å². The number of aromatic carboxylic acids is 1. The number of ether oxygens (including phenoxy) is 2. The van der Waals surface area contributed by atoms with Crippen molar-refractivity contribution < 1.29 is 19.4 Å². The molecule has 0 bridgehead atoms. The van der Waals surface area contributed by atoms with Crippen LogP contribution in [-0.2, 0) is 0 Å². The lowest BCUT2D eigenvalue weighted by atomic mass is 9.98. The third-order valence-electron chi connectivity index (χ3n) is 4.30. The van der Waals surface area contributed by atoms with Gasteiger partial charge in [0.05, 0.1) is 6.61 Å². The molecule has 5 heteroatoms. The van der Waals surface area contributed by atoms with Gasteiger partial charge in [0, 0.05) is 4.43 Å². The minimum absolute atomic E-state index is 0.128. The fraction of sp³-hybridized carbons (Fsp3) is 0.174. The summed E-state index contributed by atoms with van der Waals surface area (Å²) in [7, 11) is 0. The lowest BCUT2D eigenvalue weighted by Gasteiger charge is -2.15. The molecule has 0 radical (unpaired) electrons. The lowest BCUT2D eigenvalue weighted by molar-refractivity contribution is 0.0694. The summed E-state index contributed by atoms with van der Waals surface area (Å²) in [6.45, 7) is 4.71. The summed E-state index contributed by atoms with van der Waals surface area (Å²) >= 11 is 2.29. The maximum atomic E-state index is 11.6. The third-order valence-corrected chi connectivity index (χ3v) is 4.74. The van der Waals surface area contributed by atoms with Gasteiger partial charge in [-0.1, -0.05) is 46.9 Å². The monoisotopic (exact) mass is 488 g/mol. The molecule has 0 aliphatic carbocycles. The quantitative estimate of drug-likeness (QED) is 0.315. The van der Waals surface area contributed by atoms with E-state index < -0.39 is 5.97 Å². The van der Waals surface area contributed by atoms with Gasteiger partial charge in [-0.05, 0) is 72.5 Å². The maximum absolute atomic E-state index is 11.6. The third kappa shape index (κ3) is 4.65. The molecule has 0 aliphatic heterocycles. The number of hydrogen-bond donors (Lipinski definition) is 1. The van der Waals surface area contributed by atoms with Crippen molar-refractivity contribution in [2.75, 3.05) is 11.0 Å². The van der Waals surface area contributed by atoms with Gasteiger partial charge in [0.25, 0.3) is 0 Å². The zero-order valence-electron chi connectivity index (χ0n) is 15.7. The van der Waals surface area contributed by atoms with Crippen LogP contribution in [0.4, 0.5) is 0 Å². The summed E-state index contributed by atoms with van der Waals surface area (Å²) in [5.41, 5.74) is 4.11. The molecule has 3 rings (SSSR count). The second-order valence-electron chi connectivity index (χ2n) is 6.41. The molecule has 4 nitrogen and oxygen atoms in total. The molecule has 0 saturated heterocycles. The highest BCUT2D eigenvalue weighted by atomic mass is 127. The number of benzene rings is 3. The zero-order chi connectivity index (χ0) is 20.1. The summed E-state index contributed by atoms with van der Waals surface area (Å²) in [5, 5.41) is 9.52. The summed E-state index contributed by atoms with van der Waals surface area (Å²) in [4.78, 5) is 11.6. The molecule has 0 unspecified atom stereocenters. The molecule has 0 aliphatic rings. The number of carboxylic acids is 1. The van der Waals surface area contributed by atoms with Crippen molar-refractivity contribution in [3.63, 3.8) is 0 Å². The van der Waals surface area contributed by atoms with E-state index in [9.17, 15) is 9.90 Å². The van der Waals surface area contributed by atoms with E-state index in [1.165, 1.54) is 0 Å². The highest BCUT2D eigenvalue weighted by Crippen LogP contribution is 2.34. The van der Waals surface area contributed by atoms with Crippen LogP contribution >= 0.6 is 22.6 Å². The molecule has 1 N–H and O–H groups in total. The van der Waals surface area contributed by atoms with Gasteiger partial charge in [0.1, 0.15) is 22.8 Å². The summed E-state index contributed by atoms with van der Waals surface area (Å²) in [6.07, 6.45) is 0.